The molecular weight excluding hydrogens is 424 g/mol. The topological polar surface area (TPSA) is 100 Å². The van der Waals surface area contributed by atoms with Gasteiger partial charge in [0, 0.05) is 35.0 Å². The van der Waals surface area contributed by atoms with E-state index in [0.29, 0.717) is 33.1 Å². The predicted molar refractivity (Wildman–Crippen MR) is 125 cm³/mol. The maximum Gasteiger partial charge on any atom is 0.265 e. The van der Waals surface area contributed by atoms with Crippen molar-refractivity contribution in [2.45, 2.75) is 0 Å². The van der Waals surface area contributed by atoms with E-state index in [4.69, 9.17) is 0 Å². The Morgan fingerprint density at radius 3 is 1.94 bits per heavy atom. The summed E-state index contributed by atoms with van der Waals surface area (Å²) in [5.74, 6) is -0.866. The molecule has 8 heteroatoms. The standard InChI is InChI=1S/C24H18N4O3S/c29-22(16-5-1-7-18(13-16)26-23(30)17-6-3-11-25-15-17)27-19-8-2-9-20(14-19)28-24(31)21-10-4-12-32-21/h1-15H,(H,26,30)(H,27,29)(H,28,31). The van der Waals surface area contributed by atoms with Gasteiger partial charge in [-0.05, 0) is 60.0 Å². The molecule has 0 atom stereocenters. The number of aromatic nitrogens is 1. The number of benzene rings is 2. The van der Waals surface area contributed by atoms with Crippen LogP contribution >= 0.6 is 11.3 Å². The minimum absolute atomic E-state index is 0.208. The van der Waals surface area contributed by atoms with Gasteiger partial charge in [0.2, 0.25) is 0 Å². The maximum absolute atomic E-state index is 12.7. The Morgan fingerprint density at radius 2 is 1.28 bits per heavy atom. The summed E-state index contributed by atoms with van der Waals surface area (Å²) in [6.07, 6.45) is 3.06. The van der Waals surface area contributed by atoms with E-state index >= 15 is 0 Å². The molecule has 0 unspecified atom stereocenters. The van der Waals surface area contributed by atoms with Crippen LogP contribution in [0, 0.1) is 0 Å². The molecule has 0 saturated carbocycles. The van der Waals surface area contributed by atoms with E-state index in [1.54, 1.807) is 72.9 Å². The van der Waals surface area contributed by atoms with Gasteiger partial charge in [-0.1, -0.05) is 18.2 Å². The highest BCUT2D eigenvalue weighted by Crippen LogP contribution is 2.19. The molecule has 0 saturated heterocycles. The Hall–Kier alpha value is -4.30. The first-order valence-corrected chi connectivity index (χ1v) is 10.5. The molecule has 0 spiro atoms. The largest absolute Gasteiger partial charge is 0.322 e. The lowest BCUT2D eigenvalue weighted by Crippen LogP contribution is -2.15. The normalized spacial score (nSPS) is 10.2. The minimum atomic E-state index is -0.343. The van der Waals surface area contributed by atoms with Gasteiger partial charge >= 0.3 is 0 Å². The third kappa shape index (κ3) is 5.24. The minimum Gasteiger partial charge on any atom is -0.322 e. The van der Waals surface area contributed by atoms with E-state index < -0.39 is 0 Å². The molecule has 3 N–H and O–H groups in total. The summed E-state index contributed by atoms with van der Waals surface area (Å²) in [5, 5.41) is 10.2. The summed E-state index contributed by atoms with van der Waals surface area (Å²) in [6.45, 7) is 0. The Kier molecular flexibility index (Phi) is 6.33. The van der Waals surface area contributed by atoms with Gasteiger partial charge in [0.25, 0.3) is 17.7 Å². The Labute approximate surface area is 188 Å². The first-order valence-electron chi connectivity index (χ1n) is 9.66. The number of hydrogen-bond acceptors (Lipinski definition) is 5. The van der Waals surface area contributed by atoms with E-state index in [1.807, 2.05) is 11.4 Å². The molecule has 158 valence electrons. The zero-order valence-corrected chi connectivity index (χ0v) is 17.6. The predicted octanol–water partition coefficient (Wildman–Crippen LogP) is 4.90. The van der Waals surface area contributed by atoms with Crippen molar-refractivity contribution in [1.82, 2.24) is 4.98 Å². The highest BCUT2D eigenvalue weighted by molar-refractivity contribution is 7.12. The number of anilines is 3. The summed E-state index contributed by atoms with van der Waals surface area (Å²) in [4.78, 5) is 41.8. The highest BCUT2D eigenvalue weighted by Gasteiger charge is 2.11. The first kappa shape index (κ1) is 21.0. The third-order valence-corrected chi connectivity index (χ3v) is 5.30. The molecule has 3 amide bonds. The molecule has 0 bridgehead atoms. The molecule has 0 radical (unpaired) electrons. The van der Waals surface area contributed by atoms with E-state index in [0.717, 1.165) is 0 Å². The van der Waals surface area contributed by atoms with Crippen LogP contribution in [0.3, 0.4) is 0 Å². The van der Waals surface area contributed by atoms with Crippen molar-refractivity contribution in [1.29, 1.82) is 0 Å². The van der Waals surface area contributed by atoms with Gasteiger partial charge < -0.3 is 16.0 Å². The molecule has 0 aliphatic rings. The monoisotopic (exact) mass is 442 g/mol. The molecule has 2 heterocycles. The van der Waals surface area contributed by atoms with Crippen molar-refractivity contribution in [2.24, 2.45) is 0 Å². The molecule has 0 fully saturated rings. The second-order valence-electron chi connectivity index (χ2n) is 6.74. The van der Waals surface area contributed by atoms with E-state index in [2.05, 4.69) is 20.9 Å². The fraction of sp³-hybridized carbons (Fsp3) is 0. The molecule has 2 aromatic carbocycles. The summed E-state index contributed by atoms with van der Waals surface area (Å²) in [7, 11) is 0. The molecule has 4 aromatic rings. The van der Waals surface area contributed by atoms with Crippen LogP contribution in [0.25, 0.3) is 0 Å². The van der Waals surface area contributed by atoms with Gasteiger partial charge in [-0.3, -0.25) is 19.4 Å². The van der Waals surface area contributed by atoms with Crippen molar-refractivity contribution in [3.05, 3.63) is 107 Å². The van der Waals surface area contributed by atoms with Crippen LogP contribution in [-0.2, 0) is 0 Å². The van der Waals surface area contributed by atoms with Gasteiger partial charge in [0.05, 0.1) is 10.4 Å². The lowest BCUT2D eigenvalue weighted by Gasteiger charge is -2.10. The zero-order valence-electron chi connectivity index (χ0n) is 16.7. The second kappa shape index (κ2) is 9.67. The number of amides is 3. The van der Waals surface area contributed by atoms with Gasteiger partial charge in [-0.15, -0.1) is 11.3 Å². The molecule has 32 heavy (non-hydrogen) atoms. The number of nitrogens with one attached hydrogen (secondary N) is 3. The van der Waals surface area contributed by atoms with Crippen LogP contribution in [0.1, 0.15) is 30.4 Å². The highest BCUT2D eigenvalue weighted by atomic mass is 32.1. The average molecular weight is 443 g/mol. The van der Waals surface area contributed by atoms with Crippen LogP contribution in [0.2, 0.25) is 0 Å². The van der Waals surface area contributed by atoms with Crippen molar-refractivity contribution < 1.29 is 14.4 Å². The molecular formula is C24H18N4O3S. The van der Waals surface area contributed by atoms with Gasteiger partial charge in [0.1, 0.15) is 0 Å². The Morgan fingerprint density at radius 1 is 0.656 bits per heavy atom. The quantitative estimate of drug-likeness (QED) is 0.395. The van der Waals surface area contributed by atoms with Crippen LogP contribution in [0.4, 0.5) is 17.1 Å². The van der Waals surface area contributed by atoms with E-state index in [9.17, 15) is 14.4 Å². The number of hydrogen-bond donors (Lipinski definition) is 3. The number of pyridine rings is 1. The summed E-state index contributed by atoms with van der Waals surface area (Å²) in [5.41, 5.74) is 2.39. The third-order valence-electron chi connectivity index (χ3n) is 4.43. The average Bonchev–Trinajstić information content (AvgIpc) is 3.35. The maximum atomic E-state index is 12.7. The summed E-state index contributed by atoms with van der Waals surface area (Å²) < 4.78 is 0. The number of thiophene rings is 1. The molecule has 7 nitrogen and oxygen atoms in total. The van der Waals surface area contributed by atoms with E-state index in [-0.39, 0.29) is 17.7 Å². The fourth-order valence-electron chi connectivity index (χ4n) is 2.92. The number of rotatable bonds is 6. The second-order valence-corrected chi connectivity index (χ2v) is 7.69. The zero-order chi connectivity index (χ0) is 22.3. The fourth-order valence-corrected chi connectivity index (χ4v) is 3.54. The lowest BCUT2D eigenvalue weighted by atomic mass is 10.1. The van der Waals surface area contributed by atoms with Gasteiger partial charge in [0.15, 0.2) is 0 Å². The van der Waals surface area contributed by atoms with Crippen LogP contribution < -0.4 is 16.0 Å². The Balaban J connectivity index is 1.42. The number of carbonyl (C=O) groups excluding carboxylic acids is 3. The summed E-state index contributed by atoms with van der Waals surface area (Å²) >= 11 is 1.35. The van der Waals surface area contributed by atoms with Crippen LogP contribution in [-0.4, -0.2) is 22.7 Å². The molecule has 0 aliphatic heterocycles. The first-order chi connectivity index (χ1) is 15.6. The molecule has 0 aliphatic carbocycles. The van der Waals surface area contributed by atoms with Gasteiger partial charge in [-0.2, -0.15) is 0 Å². The van der Waals surface area contributed by atoms with Crippen molar-refractivity contribution in [3.63, 3.8) is 0 Å². The lowest BCUT2D eigenvalue weighted by molar-refractivity contribution is 0.101. The SMILES string of the molecule is O=C(Nc1cccc(C(=O)Nc2cccc(NC(=O)c3cccs3)c2)c1)c1cccnc1. The number of carbonyl (C=O) groups is 3. The Bertz CT molecular complexity index is 1260. The summed E-state index contributed by atoms with van der Waals surface area (Å²) in [6, 6.07) is 20.4. The molecule has 4 rings (SSSR count). The van der Waals surface area contributed by atoms with Crippen molar-refractivity contribution in [2.75, 3.05) is 16.0 Å². The molecule has 2 aromatic heterocycles. The number of nitrogens with zero attached hydrogens (tertiary/aromatic N) is 1. The van der Waals surface area contributed by atoms with Crippen molar-refractivity contribution >= 4 is 46.1 Å². The smallest absolute Gasteiger partial charge is 0.265 e. The van der Waals surface area contributed by atoms with E-state index in [1.165, 1.54) is 17.5 Å². The van der Waals surface area contributed by atoms with Crippen LogP contribution in [0.15, 0.2) is 90.6 Å². The van der Waals surface area contributed by atoms with Gasteiger partial charge in [-0.25, -0.2) is 0 Å². The van der Waals surface area contributed by atoms with Crippen molar-refractivity contribution in [3.8, 4) is 0 Å². The van der Waals surface area contributed by atoms with Crippen LogP contribution in [0.5, 0.6) is 0 Å².